The van der Waals surface area contributed by atoms with Crippen molar-refractivity contribution in [3.63, 3.8) is 0 Å². The quantitative estimate of drug-likeness (QED) is 0.743. The maximum atomic E-state index is 12.4. The molecule has 0 unspecified atom stereocenters. The zero-order chi connectivity index (χ0) is 18.9. The normalized spacial score (nSPS) is 10.2. The highest BCUT2D eigenvalue weighted by molar-refractivity contribution is 5.95. The molecular weight excluding hydrogens is 334 g/mol. The highest BCUT2D eigenvalue weighted by Gasteiger charge is 2.11. The van der Waals surface area contributed by atoms with Crippen LogP contribution in [-0.2, 0) is 6.54 Å². The molecule has 0 radical (unpaired) electrons. The summed E-state index contributed by atoms with van der Waals surface area (Å²) in [5.74, 6) is 2.25. The van der Waals surface area contributed by atoms with Gasteiger partial charge in [0.2, 0.25) is 0 Å². The molecule has 1 amide bonds. The Morgan fingerprint density at radius 1 is 0.923 bits per heavy atom. The second kappa shape index (κ2) is 9.56. The molecule has 0 saturated heterocycles. The second-order valence-electron chi connectivity index (χ2n) is 5.62. The predicted octanol–water partition coefficient (Wildman–Crippen LogP) is 3.43. The van der Waals surface area contributed by atoms with E-state index >= 15 is 0 Å². The van der Waals surface area contributed by atoms with Crippen molar-refractivity contribution in [3.8, 4) is 23.0 Å². The van der Waals surface area contributed by atoms with Gasteiger partial charge in [-0.2, -0.15) is 0 Å². The third kappa shape index (κ3) is 5.05. The van der Waals surface area contributed by atoms with E-state index in [0.29, 0.717) is 41.7 Å². The van der Waals surface area contributed by atoms with Crippen molar-refractivity contribution in [2.75, 3.05) is 27.9 Å². The van der Waals surface area contributed by atoms with Gasteiger partial charge >= 0.3 is 0 Å². The number of amides is 1. The topological polar surface area (TPSA) is 66.0 Å². The van der Waals surface area contributed by atoms with E-state index in [2.05, 4.69) is 5.32 Å². The molecule has 2 rings (SSSR count). The summed E-state index contributed by atoms with van der Waals surface area (Å²) in [6, 6.07) is 10.7. The number of carbonyl (C=O) groups is 1. The molecule has 0 heterocycles. The van der Waals surface area contributed by atoms with Crippen LogP contribution in [0.5, 0.6) is 23.0 Å². The molecule has 0 saturated carbocycles. The van der Waals surface area contributed by atoms with Crippen molar-refractivity contribution in [3.05, 3.63) is 47.5 Å². The molecule has 140 valence electrons. The monoisotopic (exact) mass is 359 g/mol. The van der Waals surface area contributed by atoms with Crippen LogP contribution < -0.4 is 24.3 Å². The first-order valence-electron chi connectivity index (χ1n) is 8.42. The molecule has 0 aromatic heterocycles. The van der Waals surface area contributed by atoms with E-state index in [-0.39, 0.29) is 5.91 Å². The van der Waals surface area contributed by atoms with Crippen molar-refractivity contribution in [2.45, 2.75) is 19.9 Å². The lowest BCUT2D eigenvalue weighted by molar-refractivity contribution is 0.0950. The van der Waals surface area contributed by atoms with Crippen LogP contribution in [0.15, 0.2) is 36.4 Å². The van der Waals surface area contributed by atoms with E-state index in [1.54, 1.807) is 39.5 Å². The molecule has 1 N–H and O–H groups in total. The van der Waals surface area contributed by atoms with E-state index in [1.165, 1.54) is 0 Å². The SMILES string of the molecule is CCCOc1ccc(CNC(=O)c2cc(OC)cc(OC)c2)cc1OC. The largest absolute Gasteiger partial charge is 0.497 e. The fourth-order valence-corrected chi connectivity index (χ4v) is 2.38. The van der Waals surface area contributed by atoms with Gasteiger partial charge in [-0.25, -0.2) is 0 Å². The lowest BCUT2D eigenvalue weighted by Gasteiger charge is -2.12. The van der Waals surface area contributed by atoms with Crippen LogP contribution in [0.1, 0.15) is 29.3 Å². The Labute approximate surface area is 154 Å². The van der Waals surface area contributed by atoms with E-state index < -0.39 is 0 Å². The highest BCUT2D eigenvalue weighted by Crippen LogP contribution is 2.28. The van der Waals surface area contributed by atoms with E-state index in [1.807, 2.05) is 25.1 Å². The first-order valence-corrected chi connectivity index (χ1v) is 8.42. The molecule has 0 fully saturated rings. The Morgan fingerprint density at radius 3 is 2.19 bits per heavy atom. The Bertz CT molecular complexity index is 723. The number of carbonyl (C=O) groups excluding carboxylic acids is 1. The highest BCUT2D eigenvalue weighted by atomic mass is 16.5. The van der Waals surface area contributed by atoms with E-state index in [9.17, 15) is 4.79 Å². The lowest BCUT2D eigenvalue weighted by atomic mass is 10.1. The van der Waals surface area contributed by atoms with Gasteiger partial charge in [-0.15, -0.1) is 0 Å². The second-order valence-corrected chi connectivity index (χ2v) is 5.62. The van der Waals surface area contributed by atoms with Gasteiger partial charge in [-0.05, 0) is 36.2 Å². The Hall–Kier alpha value is -2.89. The Kier molecular flexibility index (Phi) is 7.14. The van der Waals surface area contributed by atoms with Crippen LogP contribution in [0.25, 0.3) is 0 Å². The zero-order valence-corrected chi connectivity index (χ0v) is 15.6. The van der Waals surface area contributed by atoms with Crippen LogP contribution in [0.4, 0.5) is 0 Å². The molecule has 0 atom stereocenters. The van der Waals surface area contributed by atoms with Crippen molar-refractivity contribution in [2.24, 2.45) is 0 Å². The molecule has 26 heavy (non-hydrogen) atoms. The fourth-order valence-electron chi connectivity index (χ4n) is 2.38. The smallest absolute Gasteiger partial charge is 0.251 e. The molecule has 0 aliphatic carbocycles. The third-order valence-electron chi connectivity index (χ3n) is 3.76. The third-order valence-corrected chi connectivity index (χ3v) is 3.76. The average Bonchev–Trinajstić information content (AvgIpc) is 2.69. The van der Waals surface area contributed by atoms with Gasteiger partial charge in [0.25, 0.3) is 5.91 Å². The molecule has 0 aliphatic rings. The summed E-state index contributed by atoms with van der Waals surface area (Å²) < 4.78 is 21.4. The summed E-state index contributed by atoms with van der Waals surface area (Å²) >= 11 is 0. The number of benzene rings is 2. The van der Waals surface area contributed by atoms with Gasteiger partial charge in [0.15, 0.2) is 11.5 Å². The Balaban J connectivity index is 2.07. The molecule has 0 spiro atoms. The number of ether oxygens (including phenoxy) is 4. The van der Waals surface area contributed by atoms with E-state index in [4.69, 9.17) is 18.9 Å². The molecule has 0 bridgehead atoms. The number of hydrogen-bond acceptors (Lipinski definition) is 5. The van der Waals surface area contributed by atoms with Crippen molar-refractivity contribution in [1.82, 2.24) is 5.32 Å². The van der Waals surface area contributed by atoms with Crippen LogP contribution in [0.3, 0.4) is 0 Å². The predicted molar refractivity (Wildman–Crippen MR) is 99.5 cm³/mol. The van der Waals surface area contributed by atoms with Crippen molar-refractivity contribution < 1.29 is 23.7 Å². The van der Waals surface area contributed by atoms with Crippen LogP contribution in [0, 0.1) is 0 Å². The number of nitrogens with one attached hydrogen (secondary N) is 1. The summed E-state index contributed by atoms with van der Waals surface area (Å²) in [6.07, 6.45) is 0.922. The van der Waals surface area contributed by atoms with Gasteiger partial charge in [0, 0.05) is 18.2 Å². The molecule has 6 heteroatoms. The molecule has 2 aromatic carbocycles. The van der Waals surface area contributed by atoms with Crippen LogP contribution >= 0.6 is 0 Å². The first kappa shape index (κ1) is 19.4. The summed E-state index contributed by atoms with van der Waals surface area (Å²) in [4.78, 5) is 12.4. The van der Waals surface area contributed by atoms with Gasteiger partial charge in [-0.3, -0.25) is 4.79 Å². The molecule has 6 nitrogen and oxygen atoms in total. The molecule has 0 aliphatic heterocycles. The van der Waals surface area contributed by atoms with Crippen molar-refractivity contribution in [1.29, 1.82) is 0 Å². The first-order chi connectivity index (χ1) is 12.6. The van der Waals surface area contributed by atoms with Gasteiger partial charge < -0.3 is 24.3 Å². The minimum atomic E-state index is -0.215. The lowest BCUT2D eigenvalue weighted by Crippen LogP contribution is -2.22. The minimum Gasteiger partial charge on any atom is -0.497 e. The van der Waals surface area contributed by atoms with Crippen LogP contribution in [0.2, 0.25) is 0 Å². The summed E-state index contributed by atoms with van der Waals surface area (Å²) in [5.41, 5.74) is 1.38. The van der Waals surface area contributed by atoms with Crippen LogP contribution in [-0.4, -0.2) is 33.8 Å². The molecule has 2 aromatic rings. The van der Waals surface area contributed by atoms with Gasteiger partial charge in [-0.1, -0.05) is 13.0 Å². The summed E-state index contributed by atoms with van der Waals surface area (Å²) in [6.45, 7) is 3.04. The summed E-state index contributed by atoms with van der Waals surface area (Å²) in [5, 5.41) is 2.89. The van der Waals surface area contributed by atoms with Crippen molar-refractivity contribution >= 4 is 5.91 Å². The average molecular weight is 359 g/mol. The van der Waals surface area contributed by atoms with Gasteiger partial charge in [0.1, 0.15) is 11.5 Å². The standard InChI is InChI=1S/C20H25NO5/c1-5-8-26-18-7-6-14(9-19(18)25-4)13-21-20(22)15-10-16(23-2)12-17(11-15)24-3/h6-7,9-12H,5,8,13H2,1-4H3,(H,21,22). The fraction of sp³-hybridized carbons (Fsp3) is 0.350. The minimum absolute atomic E-state index is 0.215. The van der Waals surface area contributed by atoms with E-state index in [0.717, 1.165) is 12.0 Å². The maximum Gasteiger partial charge on any atom is 0.251 e. The number of methoxy groups -OCH3 is 3. The number of hydrogen-bond donors (Lipinski definition) is 1. The summed E-state index contributed by atoms with van der Waals surface area (Å²) in [7, 11) is 4.69. The Morgan fingerprint density at radius 2 is 1.62 bits per heavy atom. The zero-order valence-electron chi connectivity index (χ0n) is 15.6. The van der Waals surface area contributed by atoms with Gasteiger partial charge in [0.05, 0.1) is 27.9 Å². The number of rotatable bonds is 9. The molecular formula is C20H25NO5. The maximum absolute atomic E-state index is 12.4.